The zero-order valence-electron chi connectivity index (χ0n) is 13.5. The third-order valence-electron chi connectivity index (χ3n) is 3.40. The topological polar surface area (TPSA) is 92.7 Å². The second-order valence-corrected chi connectivity index (χ2v) is 6.24. The van der Waals surface area contributed by atoms with E-state index in [0.29, 0.717) is 5.13 Å². The Balaban J connectivity index is 1.84. The quantitative estimate of drug-likeness (QED) is 0.416. The molecule has 1 amide bonds. The van der Waals surface area contributed by atoms with Crippen LogP contribution in [0, 0.1) is 11.6 Å². The van der Waals surface area contributed by atoms with E-state index in [1.54, 1.807) is 0 Å². The number of hydrazone groups is 1. The fraction of sp³-hybridized carbons (Fsp3) is 0.0588. The number of para-hydroxylation sites is 1. The molecule has 3 aromatic rings. The highest BCUT2D eigenvalue weighted by molar-refractivity contribution is 7.22. The number of hydrogen-bond acceptors (Lipinski definition) is 6. The number of carbonyl (C=O) groups is 1. The van der Waals surface area contributed by atoms with Gasteiger partial charge >= 0.3 is 0 Å². The number of nitrogens with one attached hydrogen (secondary N) is 1. The van der Waals surface area contributed by atoms with Crippen LogP contribution in [0.15, 0.2) is 52.6 Å². The average Bonchev–Trinajstić information content (AvgIpc) is 3.01. The molecule has 0 radical (unpaired) electrons. The van der Waals surface area contributed by atoms with Gasteiger partial charge in [0.2, 0.25) is 0 Å². The molecule has 0 aliphatic heterocycles. The van der Waals surface area contributed by atoms with E-state index in [2.05, 4.69) is 20.4 Å². The number of halogens is 2. The first-order valence-corrected chi connectivity index (χ1v) is 8.25. The van der Waals surface area contributed by atoms with Crippen molar-refractivity contribution in [3.05, 3.63) is 54.1 Å². The van der Waals surface area contributed by atoms with E-state index >= 15 is 0 Å². The molecule has 9 heteroatoms. The van der Waals surface area contributed by atoms with Crippen molar-refractivity contribution in [1.29, 1.82) is 0 Å². The minimum absolute atomic E-state index is 0.0376. The number of benzene rings is 2. The van der Waals surface area contributed by atoms with E-state index < -0.39 is 17.5 Å². The minimum atomic E-state index is -0.728. The summed E-state index contributed by atoms with van der Waals surface area (Å²) in [5.74, 6) is 3.26. The number of anilines is 1. The van der Waals surface area contributed by atoms with Crippen molar-refractivity contribution >= 4 is 49.7 Å². The van der Waals surface area contributed by atoms with Crippen molar-refractivity contribution in [3.8, 4) is 0 Å². The molecule has 0 spiro atoms. The van der Waals surface area contributed by atoms with E-state index in [9.17, 15) is 13.6 Å². The van der Waals surface area contributed by atoms with Gasteiger partial charge in [-0.15, -0.1) is 0 Å². The van der Waals surface area contributed by atoms with Crippen LogP contribution in [0.2, 0.25) is 0 Å². The predicted molar refractivity (Wildman–Crippen MR) is 99.0 cm³/mol. The van der Waals surface area contributed by atoms with Gasteiger partial charge in [0.05, 0.1) is 15.9 Å². The van der Waals surface area contributed by atoms with Crippen LogP contribution in [-0.2, 0) is 4.79 Å². The summed E-state index contributed by atoms with van der Waals surface area (Å²) in [7, 11) is 0. The Morgan fingerprint density at radius 2 is 2.00 bits per heavy atom. The summed E-state index contributed by atoms with van der Waals surface area (Å²) >= 11 is 1.29. The Hall–Kier alpha value is -3.20. The number of thiazole rings is 1. The predicted octanol–water partition coefficient (Wildman–Crippen LogP) is 3.62. The minimum Gasteiger partial charge on any atom is -0.322 e. The van der Waals surface area contributed by atoms with Gasteiger partial charge in [0, 0.05) is 6.07 Å². The first-order chi connectivity index (χ1) is 12.5. The van der Waals surface area contributed by atoms with Gasteiger partial charge in [0.1, 0.15) is 17.3 Å². The summed E-state index contributed by atoms with van der Waals surface area (Å²) in [5.41, 5.74) is 0.311. The molecule has 0 saturated carbocycles. The van der Waals surface area contributed by atoms with E-state index in [-0.39, 0.29) is 17.1 Å². The van der Waals surface area contributed by atoms with Crippen LogP contribution in [0.5, 0.6) is 0 Å². The maximum atomic E-state index is 13.7. The largest absolute Gasteiger partial charge is 0.322 e. The maximum Gasteiger partial charge on any atom is 0.279 e. The standard InChI is InChI=1S/C17H13F2N5OS/c1-9(21-13-8-10(18)6-7-11(13)19)15(24-20)16(25)23-17-22-12-4-2-3-5-14(12)26-17/h2-8H,20H2,1H3,(H,22,23,25)/b21-9?,24-15-. The van der Waals surface area contributed by atoms with E-state index in [1.165, 1.54) is 18.3 Å². The lowest BCUT2D eigenvalue weighted by Gasteiger charge is -2.05. The molecule has 0 aliphatic rings. The molecule has 0 bridgehead atoms. The van der Waals surface area contributed by atoms with Crippen molar-refractivity contribution in [1.82, 2.24) is 4.98 Å². The zero-order chi connectivity index (χ0) is 18.7. The molecule has 0 atom stereocenters. The molecule has 0 aliphatic carbocycles. The summed E-state index contributed by atoms with van der Waals surface area (Å²) in [6.07, 6.45) is 0. The molecule has 0 saturated heterocycles. The van der Waals surface area contributed by atoms with Gasteiger partial charge in [0.25, 0.3) is 5.91 Å². The first-order valence-electron chi connectivity index (χ1n) is 7.43. The molecule has 6 nitrogen and oxygen atoms in total. The van der Waals surface area contributed by atoms with Crippen molar-refractivity contribution in [2.24, 2.45) is 15.9 Å². The normalized spacial score (nSPS) is 12.4. The SMILES string of the molecule is CC(=Nc1cc(F)ccc1F)/C(=N/N)C(=O)Nc1nc2ccccc2s1. The van der Waals surface area contributed by atoms with E-state index in [0.717, 1.165) is 28.4 Å². The Morgan fingerprint density at radius 3 is 2.73 bits per heavy atom. The molecule has 1 heterocycles. The number of nitrogens with two attached hydrogens (primary N) is 1. The number of amides is 1. The lowest BCUT2D eigenvalue weighted by atomic mass is 10.2. The second-order valence-electron chi connectivity index (χ2n) is 5.21. The van der Waals surface area contributed by atoms with Crippen LogP contribution in [0.1, 0.15) is 6.92 Å². The number of nitrogens with zero attached hydrogens (tertiary/aromatic N) is 3. The molecule has 26 heavy (non-hydrogen) atoms. The van der Waals surface area contributed by atoms with Crippen molar-refractivity contribution in [2.45, 2.75) is 6.92 Å². The third kappa shape index (κ3) is 3.72. The van der Waals surface area contributed by atoms with Crippen molar-refractivity contribution < 1.29 is 13.6 Å². The van der Waals surface area contributed by atoms with Crippen molar-refractivity contribution in [3.63, 3.8) is 0 Å². The maximum absolute atomic E-state index is 13.7. The number of carbonyl (C=O) groups excluding carboxylic acids is 1. The highest BCUT2D eigenvalue weighted by atomic mass is 32.1. The summed E-state index contributed by atoms with van der Waals surface area (Å²) in [4.78, 5) is 20.6. The van der Waals surface area contributed by atoms with Crippen LogP contribution in [0.3, 0.4) is 0 Å². The summed E-state index contributed by atoms with van der Waals surface area (Å²) in [6, 6.07) is 10.2. The zero-order valence-corrected chi connectivity index (χ0v) is 14.3. The Morgan fingerprint density at radius 1 is 1.23 bits per heavy atom. The average molecular weight is 373 g/mol. The van der Waals surface area contributed by atoms with Gasteiger partial charge in [-0.05, 0) is 31.2 Å². The van der Waals surface area contributed by atoms with Crippen molar-refractivity contribution in [2.75, 3.05) is 5.32 Å². The lowest BCUT2D eigenvalue weighted by molar-refractivity contribution is -0.110. The monoisotopic (exact) mass is 373 g/mol. The molecule has 0 fully saturated rings. The van der Waals surface area contributed by atoms with Crippen LogP contribution >= 0.6 is 11.3 Å². The molecular weight excluding hydrogens is 360 g/mol. The molecule has 3 rings (SSSR count). The van der Waals surface area contributed by atoms with E-state index in [1.807, 2.05) is 24.3 Å². The smallest absolute Gasteiger partial charge is 0.279 e. The summed E-state index contributed by atoms with van der Waals surface area (Å²) in [5, 5.41) is 6.37. The van der Waals surface area contributed by atoms with Crippen LogP contribution < -0.4 is 11.2 Å². The summed E-state index contributed by atoms with van der Waals surface area (Å²) in [6.45, 7) is 1.42. The van der Waals surface area contributed by atoms with Gasteiger partial charge in [0.15, 0.2) is 10.8 Å². The Labute approximate surface area is 151 Å². The fourth-order valence-electron chi connectivity index (χ4n) is 2.20. The molecular formula is C17H13F2N5OS. The number of aliphatic imine (C=N–C) groups is 1. The van der Waals surface area contributed by atoms with Crippen LogP contribution in [0.4, 0.5) is 19.6 Å². The van der Waals surface area contributed by atoms with Gasteiger partial charge < -0.3 is 5.84 Å². The van der Waals surface area contributed by atoms with E-state index in [4.69, 9.17) is 5.84 Å². The molecule has 132 valence electrons. The summed E-state index contributed by atoms with van der Waals surface area (Å²) < 4.78 is 27.9. The Bertz CT molecular complexity index is 1010. The number of fused-ring (bicyclic) bond motifs is 1. The second kappa shape index (κ2) is 7.36. The molecule has 0 unspecified atom stereocenters. The highest BCUT2D eigenvalue weighted by Gasteiger charge is 2.18. The molecule has 1 aromatic heterocycles. The first kappa shape index (κ1) is 17.6. The van der Waals surface area contributed by atoms with Crippen LogP contribution in [-0.4, -0.2) is 22.3 Å². The van der Waals surface area contributed by atoms with Gasteiger partial charge in [-0.1, -0.05) is 23.5 Å². The highest BCUT2D eigenvalue weighted by Crippen LogP contribution is 2.25. The fourth-order valence-corrected chi connectivity index (χ4v) is 3.06. The number of aromatic nitrogens is 1. The number of rotatable bonds is 4. The molecule has 2 aromatic carbocycles. The van der Waals surface area contributed by atoms with Gasteiger partial charge in [-0.2, -0.15) is 5.10 Å². The van der Waals surface area contributed by atoms with Crippen LogP contribution in [0.25, 0.3) is 10.2 Å². The molecule has 3 N–H and O–H groups in total. The number of hydrogen-bond donors (Lipinski definition) is 2. The van der Waals surface area contributed by atoms with Gasteiger partial charge in [-0.3, -0.25) is 10.1 Å². The lowest BCUT2D eigenvalue weighted by Crippen LogP contribution is -2.29. The third-order valence-corrected chi connectivity index (χ3v) is 4.35. The Kier molecular flexibility index (Phi) is 4.99. The van der Waals surface area contributed by atoms with Gasteiger partial charge in [-0.25, -0.2) is 18.8 Å².